The van der Waals surface area contributed by atoms with Crippen LogP contribution in [-0.2, 0) is 28.4 Å². The van der Waals surface area contributed by atoms with Gasteiger partial charge in [-0.25, -0.2) is 0 Å². The lowest BCUT2D eigenvalue weighted by molar-refractivity contribution is -0.378. The molecule has 0 aromatic heterocycles. The van der Waals surface area contributed by atoms with Crippen molar-refractivity contribution in [3.05, 3.63) is 12.2 Å². The van der Waals surface area contributed by atoms with Gasteiger partial charge < -0.3 is 94.8 Å². The molecular weight excluding hydrogens is 881 g/mol. The minimum absolute atomic E-state index is 0.0608. The molecular formula is C48H82O19. The van der Waals surface area contributed by atoms with Crippen LogP contribution in [-0.4, -0.2) is 202 Å². The third kappa shape index (κ3) is 9.24. The molecule has 388 valence electrons. The zero-order valence-corrected chi connectivity index (χ0v) is 40.3. The van der Waals surface area contributed by atoms with Gasteiger partial charge in [0.15, 0.2) is 18.9 Å². The highest BCUT2D eigenvalue weighted by Gasteiger charge is 2.72. The Labute approximate surface area is 393 Å². The summed E-state index contributed by atoms with van der Waals surface area (Å²) < 4.78 is 37.1. The Morgan fingerprint density at radius 1 is 0.582 bits per heavy atom. The summed E-state index contributed by atoms with van der Waals surface area (Å²) in [5.74, 6) is -0.422. The molecule has 67 heavy (non-hydrogen) atoms. The summed E-state index contributed by atoms with van der Waals surface area (Å²) in [5.41, 5.74) is -3.75. The Hall–Kier alpha value is -1.02. The molecule has 19 nitrogen and oxygen atoms in total. The quantitative estimate of drug-likeness (QED) is 0.0773. The summed E-state index contributed by atoms with van der Waals surface area (Å²) in [6.07, 6.45) is -15.8. The Kier molecular flexibility index (Phi) is 15.6. The first-order valence-electron chi connectivity index (χ1n) is 24.4. The van der Waals surface area contributed by atoms with E-state index >= 15 is 0 Å². The van der Waals surface area contributed by atoms with Gasteiger partial charge in [-0.05, 0) is 117 Å². The first-order chi connectivity index (χ1) is 31.1. The van der Waals surface area contributed by atoms with Crippen LogP contribution in [0.15, 0.2) is 12.2 Å². The van der Waals surface area contributed by atoms with Gasteiger partial charge in [-0.15, -0.1) is 0 Å². The van der Waals surface area contributed by atoms with Crippen molar-refractivity contribution in [2.45, 2.75) is 222 Å². The van der Waals surface area contributed by atoms with Crippen LogP contribution in [0.5, 0.6) is 0 Å². The topological polar surface area (TPSA) is 318 Å². The van der Waals surface area contributed by atoms with Crippen LogP contribution < -0.4 is 0 Å². The van der Waals surface area contributed by atoms with Crippen molar-refractivity contribution in [1.29, 1.82) is 0 Å². The lowest BCUT2D eigenvalue weighted by Crippen LogP contribution is -2.68. The van der Waals surface area contributed by atoms with Gasteiger partial charge in [0.25, 0.3) is 0 Å². The second kappa shape index (κ2) is 19.4. The fourth-order valence-electron chi connectivity index (χ4n) is 14.8. The molecule has 3 aliphatic heterocycles. The highest BCUT2D eigenvalue weighted by atomic mass is 16.8. The number of ether oxygens (including phenoxy) is 6. The number of rotatable bonds is 13. The SMILES string of the molecule is CC(C)(O)C=CC[C@](C)(O[C@@H]1O[C@H](CO)[C@@H](O)[C@H](O)[C@H]1O)[C@H]1CC[C@]2(C)[C@@H]1[C@H](O)C[C@@H]1[C@@]3(C)CC[C@H](O[C@@H]4O[C@H](CO)[C@@H](O)[C@H](O)[C@H]4O[C@@H]4O[C@H](CO)[C@@H](O)[C@H](O)[C@H]4O)C(C)(C)C3CC[C@]12C. The van der Waals surface area contributed by atoms with E-state index < -0.39 is 146 Å². The lowest BCUT2D eigenvalue weighted by atomic mass is 9.35. The molecule has 0 aromatic carbocycles. The summed E-state index contributed by atoms with van der Waals surface area (Å²) in [4.78, 5) is 0. The average molecular weight is 963 g/mol. The molecule has 0 aromatic rings. The maximum Gasteiger partial charge on any atom is 0.187 e. The van der Waals surface area contributed by atoms with Gasteiger partial charge in [0.1, 0.15) is 73.2 Å². The molecule has 25 atom stereocenters. The van der Waals surface area contributed by atoms with Crippen LogP contribution >= 0.6 is 0 Å². The predicted octanol–water partition coefficient (Wildman–Crippen LogP) is -1.06. The van der Waals surface area contributed by atoms with E-state index in [9.17, 15) is 66.4 Å². The van der Waals surface area contributed by atoms with Crippen molar-refractivity contribution in [2.75, 3.05) is 19.8 Å². The fraction of sp³-hybridized carbons (Fsp3) is 0.958. The predicted molar refractivity (Wildman–Crippen MR) is 235 cm³/mol. The van der Waals surface area contributed by atoms with Crippen molar-refractivity contribution < 1.29 is 94.8 Å². The third-order valence-corrected chi connectivity index (χ3v) is 18.7. The molecule has 4 aliphatic carbocycles. The van der Waals surface area contributed by atoms with Gasteiger partial charge in [-0.1, -0.05) is 46.8 Å². The average Bonchev–Trinajstić information content (AvgIpc) is 3.65. The minimum Gasteiger partial charge on any atom is -0.394 e. The molecule has 19 heteroatoms. The maximum absolute atomic E-state index is 12.7. The van der Waals surface area contributed by atoms with Gasteiger partial charge in [-0.2, -0.15) is 0 Å². The first-order valence-corrected chi connectivity index (χ1v) is 24.4. The van der Waals surface area contributed by atoms with E-state index in [1.165, 1.54) is 0 Å². The maximum atomic E-state index is 12.7. The summed E-state index contributed by atoms with van der Waals surface area (Å²) in [7, 11) is 0. The molecule has 1 unspecified atom stereocenters. The Morgan fingerprint density at radius 3 is 1.67 bits per heavy atom. The van der Waals surface area contributed by atoms with Gasteiger partial charge in [-0.3, -0.25) is 0 Å². The van der Waals surface area contributed by atoms with E-state index in [2.05, 4.69) is 34.6 Å². The Bertz CT molecular complexity index is 1710. The zero-order chi connectivity index (χ0) is 49.6. The standard InChI is InChI=1S/C48H82O19/c1-43(2,61)13-9-14-48(8,67-41-38(60)35(57)32(54)25(20-50)63-41)22-10-16-47(7)30(22)23(52)18-28-45(5)15-12-29(44(3,4)27(45)11-17-46(28,47)6)65-42-39(36(58)33(55)26(21-51)64-42)66-40-37(59)34(56)31(53)24(19-49)62-40/h9,13,22-42,49-61H,10-12,14-21H2,1-8H3/t22-,23+,24+,25+,26+,27?,28+,29-,30-,31+,32+,33+,34-,35-,36-,37+,38+,39+,40-,41-,42-,45-,46+,47+,48-/m0/s1. The largest absolute Gasteiger partial charge is 0.394 e. The van der Waals surface area contributed by atoms with Crippen LogP contribution in [0.1, 0.15) is 107 Å². The van der Waals surface area contributed by atoms with E-state index in [0.29, 0.717) is 25.7 Å². The van der Waals surface area contributed by atoms with E-state index in [4.69, 9.17) is 28.4 Å². The zero-order valence-electron chi connectivity index (χ0n) is 40.3. The number of hydrogen-bond acceptors (Lipinski definition) is 19. The highest BCUT2D eigenvalue weighted by Crippen LogP contribution is 2.76. The van der Waals surface area contributed by atoms with Crippen LogP contribution in [0.25, 0.3) is 0 Å². The minimum atomic E-state index is -1.80. The second-order valence-electron chi connectivity index (χ2n) is 23.3. The summed E-state index contributed by atoms with van der Waals surface area (Å²) in [6, 6.07) is 0. The molecule has 0 spiro atoms. The highest BCUT2D eigenvalue weighted by molar-refractivity contribution is 5.21. The first kappa shape index (κ1) is 53.8. The molecule has 7 fully saturated rings. The van der Waals surface area contributed by atoms with E-state index in [1.54, 1.807) is 19.9 Å². The molecule has 0 bridgehead atoms. The number of fused-ring (bicyclic) bond motifs is 5. The molecule has 3 heterocycles. The monoisotopic (exact) mass is 963 g/mol. The Balaban J connectivity index is 1.14. The summed E-state index contributed by atoms with van der Waals surface area (Å²) in [6.45, 7) is 14.5. The van der Waals surface area contributed by atoms with Gasteiger partial charge in [0.05, 0.1) is 43.2 Å². The van der Waals surface area contributed by atoms with Gasteiger partial charge in [0, 0.05) is 0 Å². The molecule has 3 saturated heterocycles. The molecule has 4 saturated carbocycles. The normalized spacial score (nSPS) is 52.3. The smallest absolute Gasteiger partial charge is 0.187 e. The molecule has 0 radical (unpaired) electrons. The third-order valence-electron chi connectivity index (χ3n) is 18.7. The molecule has 7 rings (SSSR count). The van der Waals surface area contributed by atoms with Crippen LogP contribution in [0.4, 0.5) is 0 Å². The number of hydrogen-bond donors (Lipinski definition) is 13. The summed E-state index contributed by atoms with van der Waals surface area (Å²) >= 11 is 0. The van der Waals surface area contributed by atoms with Crippen molar-refractivity contribution in [2.24, 2.45) is 45.3 Å². The molecule has 13 N–H and O–H groups in total. The van der Waals surface area contributed by atoms with Crippen LogP contribution in [0, 0.1) is 45.3 Å². The Morgan fingerprint density at radius 2 is 1.10 bits per heavy atom. The van der Waals surface area contributed by atoms with E-state index in [1.807, 2.05) is 13.0 Å². The fourth-order valence-corrected chi connectivity index (χ4v) is 14.8. The molecule has 7 aliphatic rings. The van der Waals surface area contributed by atoms with Crippen molar-refractivity contribution >= 4 is 0 Å². The van der Waals surface area contributed by atoms with Crippen LogP contribution in [0.2, 0.25) is 0 Å². The van der Waals surface area contributed by atoms with Gasteiger partial charge in [0.2, 0.25) is 0 Å². The van der Waals surface area contributed by atoms with Crippen molar-refractivity contribution in [3.63, 3.8) is 0 Å². The van der Waals surface area contributed by atoms with Crippen LogP contribution in [0.3, 0.4) is 0 Å². The van der Waals surface area contributed by atoms with Crippen molar-refractivity contribution in [3.8, 4) is 0 Å². The van der Waals surface area contributed by atoms with E-state index in [0.717, 1.165) is 19.3 Å². The summed E-state index contributed by atoms with van der Waals surface area (Å²) in [5, 5.41) is 139. The van der Waals surface area contributed by atoms with Crippen molar-refractivity contribution in [1.82, 2.24) is 0 Å². The van der Waals surface area contributed by atoms with E-state index in [-0.39, 0.29) is 40.9 Å². The van der Waals surface area contributed by atoms with Gasteiger partial charge >= 0.3 is 0 Å². The second-order valence-corrected chi connectivity index (χ2v) is 23.3. The number of aliphatic hydroxyl groups excluding tert-OH is 12. The lowest BCUT2D eigenvalue weighted by Gasteiger charge is -2.71. The molecule has 0 amide bonds. The number of aliphatic hydroxyl groups is 13.